The minimum Gasteiger partial charge on any atom is -0.437 e. The number of aliphatic hydroxyl groups is 1. The fourth-order valence-electron chi connectivity index (χ4n) is 4.98. The highest BCUT2D eigenvalue weighted by molar-refractivity contribution is 7.93. The van der Waals surface area contributed by atoms with E-state index in [-0.39, 0.29) is 17.7 Å². The second-order valence-corrected chi connectivity index (χ2v) is 21.6. The number of sulfonamides is 1. The molecule has 226 valence electrons. The van der Waals surface area contributed by atoms with E-state index in [0.717, 1.165) is 16.8 Å². The van der Waals surface area contributed by atoms with Crippen molar-refractivity contribution in [2.24, 2.45) is 5.92 Å². The minimum atomic E-state index is -5.74. The average Bonchev–Trinajstić information content (AvgIpc) is 3.06. The van der Waals surface area contributed by atoms with Crippen molar-refractivity contribution in [3.63, 3.8) is 0 Å². The molecule has 2 heterocycles. The van der Waals surface area contributed by atoms with Gasteiger partial charge < -0.3 is 18.4 Å². The molecule has 1 aliphatic heterocycles. The predicted octanol–water partition coefficient (Wildman–Crippen LogP) is 4.24. The Morgan fingerprint density at radius 1 is 1.15 bits per heavy atom. The van der Waals surface area contributed by atoms with Gasteiger partial charge in [0.1, 0.15) is 18.1 Å². The van der Waals surface area contributed by atoms with E-state index in [9.17, 15) is 31.5 Å². The Labute approximate surface area is 231 Å². The van der Waals surface area contributed by atoms with Gasteiger partial charge in [-0.05, 0) is 28.2 Å². The van der Waals surface area contributed by atoms with Crippen LogP contribution in [0.4, 0.5) is 19.0 Å². The Kier molecular flexibility index (Phi) is 11.0. The second kappa shape index (κ2) is 12.7. The van der Waals surface area contributed by atoms with Gasteiger partial charge in [-0.15, -0.1) is 0 Å². The third-order valence-electron chi connectivity index (χ3n) is 7.05. The summed E-state index contributed by atoms with van der Waals surface area (Å²) in [6.45, 7) is 18.7. The SMILES string of the molecule is CC(C)[SiH](O[Si](OC[C@H]1O[C@@H](n2ccc(NS(=O)(=O)C(F)(F)F)nc2=O)[C@H](C)C1O)(C(C)C)C(C)C)C(C)C. The number of halogens is 3. The van der Waals surface area contributed by atoms with E-state index in [2.05, 4.69) is 60.4 Å². The smallest absolute Gasteiger partial charge is 0.437 e. The summed E-state index contributed by atoms with van der Waals surface area (Å²) in [6.07, 6.45) is -1.73. The van der Waals surface area contributed by atoms with Gasteiger partial charge in [0.2, 0.25) is 0 Å². The summed E-state index contributed by atoms with van der Waals surface area (Å²) < 4.78 is 82.4. The number of anilines is 1. The molecule has 39 heavy (non-hydrogen) atoms. The number of alkyl halides is 3. The van der Waals surface area contributed by atoms with Crippen molar-refractivity contribution in [2.75, 3.05) is 11.3 Å². The zero-order valence-electron chi connectivity index (χ0n) is 23.9. The van der Waals surface area contributed by atoms with E-state index in [0.29, 0.717) is 11.1 Å². The minimum absolute atomic E-state index is 0.0353. The number of hydrogen-bond acceptors (Lipinski definition) is 8. The van der Waals surface area contributed by atoms with Crippen LogP contribution in [0.5, 0.6) is 0 Å². The van der Waals surface area contributed by atoms with Crippen LogP contribution < -0.4 is 10.4 Å². The lowest BCUT2D eigenvalue weighted by Gasteiger charge is -2.43. The molecule has 1 aromatic heterocycles. The van der Waals surface area contributed by atoms with E-state index in [4.69, 9.17) is 13.3 Å². The average molecular weight is 618 g/mol. The quantitative estimate of drug-likeness (QED) is 0.334. The number of rotatable bonds is 12. The molecule has 2 N–H and O–H groups in total. The molecule has 0 aromatic carbocycles. The number of aliphatic hydroxyl groups excluding tert-OH is 1. The molecule has 16 heteroatoms. The maximum absolute atomic E-state index is 12.7. The largest absolute Gasteiger partial charge is 0.516 e. The fourth-order valence-corrected chi connectivity index (χ4v) is 15.8. The first-order chi connectivity index (χ1) is 17.7. The number of ether oxygens (including phenoxy) is 1. The molecule has 0 saturated carbocycles. The molecular weight excluding hydrogens is 576 g/mol. The van der Waals surface area contributed by atoms with Gasteiger partial charge in [0.25, 0.3) is 0 Å². The molecule has 1 saturated heterocycles. The molecule has 2 rings (SSSR count). The van der Waals surface area contributed by atoms with Crippen LogP contribution in [0.3, 0.4) is 0 Å². The van der Waals surface area contributed by atoms with Crippen LogP contribution in [-0.2, 0) is 23.3 Å². The summed E-state index contributed by atoms with van der Waals surface area (Å²) >= 11 is 0. The maximum atomic E-state index is 12.7. The van der Waals surface area contributed by atoms with Crippen LogP contribution in [-0.4, -0.2) is 65.0 Å². The maximum Gasteiger partial charge on any atom is 0.516 e. The van der Waals surface area contributed by atoms with Crippen molar-refractivity contribution >= 4 is 33.4 Å². The van der Waals surface area contributed by atoms with Crippen molar-refractivity contribution in [3.05, 3.63) is 22.7 Å². The van der Waals surface area contributed by atoms with Crippen molar-refractivity contribution < 1.29 is 40.0 Å². The molecule has 0 amide bonds. The van der Waals surface area contributed by atoms with Gasteiger partial charge in [-0.25, -0.2) is 4.79 Å². The highest BCUT2D eigenvalue weighted by Crippen LogP contribution is 2.40. The van der Waals surface area contributed by atoms with Crippen LogP contribution in [0.1, 0.15) is 68.5 Å². The summed E-state index contributed by atoms with van der Waals surface area (Å²) in [4.78, 5) is 16.0. The zero-order valence-corrected chi connectivity index (χ0v) is 26.9. The molecular formula is C23H42F3N3O7SSi2. The van der Waals surface area contributed by atoms with Gasteiger partial charge >= 0.3 is 29.8 Å². The lowest BCUT2D eigenvalue weighted by atomic mass is 10.0. The molecule has 0 bridgehead atoms. The van der Waals surface area contributed by atoms with Crippen LogP contribution >= 0.6 is 0 Å². The molecule has 4 atom stereocenters. The lowest BCUT2D eigenvalue weighted by molar-refractivity contribution is -0.0482. The Balaban J connectivity index is 2.26. The first-order valence-corrected chi connectivity index (χ1v) is 18.3. The number of aromatic nitrogens is 2. The van der Waals surface area contributed by atoms with Gasteiger partial charge in [0.05, 0.1) is 12.7 Å². The standard InChI is InChI=1S/C23H42F3N3O7SSi2/c1-13(2)38(14(3)4)36-39(15(5)6,16(7)8)34-12-18-20(30)17(9)21(35-18)29-11-10-19(27-22(29)31)28-37(32,33)23(24,25)26/h10-11,13-18,20-21,30,38H,12H2,1-9H3,(H,27,28,31)/t17-,18-,20?,21-/m1/s1. The number of nitrogens with zero attached hydrogens (tertiary/aromatic N) is 2. The van der Waals surface area contributed by atoms with E-state index < -0.39 is 69.0 Å². The topological polar surface area (TPSA) is 129 Å². The number of nitrogens with one attached hydrogen (secondary N) is 1. The van der Waals surface area contributed by atoms with Crippen LogP contribution in [0.15, 0.2) is 17.1 Å². The molecule has 10 nitrogen and oxygen atoms in total. The van der Waals surface area contributed by atoms with E-state index in [1.807, 2.05) is 0 Å². The van der Waals surface area contributed by atoms with E-state index in [1.165, 1.54) is 4.72 Å². The van der Waals surface area contributed by atoms with Crippen molar-refractivity contribution in [1.29, 1.82) is 0 Å². The Morgan fingerprint density at radius 2 is 1.69 bits per heavy atom. The first-order valence-electron chi connectivity index (χ1n) is 13.1. The highest BCUT2D eigenvalue weighted by Gasteiger charge is 2.50. The lowest BCUT2D eigenvalue weighted by Crippen LogP contribution is -2.54. The molecule has 1 aromatic rings. The number of hydrogen-bond donors (Lipinski definition) is 2. The van der Waals surface area contributed by atoms with Crippen LogP contribution in [0.25, 0.3) is 0 Å². The first kappa shape index (κ1) is 33.9. The Morgan fingerprint density at radius 3 is 2.13 bits per heavy atom. The Bertz CT molecular complexity index is 1120. The monoisotopic (exact) mass is 617 g/mol. The third kappa shape index (κ3) is 7.51. The van der Waals surface area contributed by atoms with E-state index >= 15 is 0 Å². The molecule has 1 aliphatic rings. The van der Waals surface area contributed by atoms with Crippen molar-refractivity contribution in [3.8, 4) is 0 Å². The van der Waals surface area contributed by atoms with Gasteiger partial charge in [0.15, 0.2) is 9.04 Å². The molecule has 0 radical (unpaired) electrons. The normalized spacial score (nSPS) is 23.1. The second-order valence-electron chi connectivity index (χ2n) is 11.4. The van der Waals surface area contributed by atoms with E-state index in [1.54, 1.807) is 6.92 Å². The molecule has 1 unspecified atom stereocenters. The molecule has 0 aliphatic carbocycles. The van der Waals surface area contributed by atoms with Crippen LogP contribution in [0, 0.1) is 5.92 Å². The Hall–Kier alpha value is -1.31. The van der Waals surface area contributed by atoms with Gasteiger partial charge in [-0.2, -0.15) is 26.6 Å². The molecule has 1 fully saturated rings. The summed E-state index contributed by atoms with van der Waals surface area (Å²) in [5.41, 5.74) is -5.56. The van der Waals surface area contributed by atoms with Crippen molar-refractivity contribution in [1.82, 2.24) is 9.55 Å². The summed E-state index contributed by atoms with van der Waals surface area (Å²) in [5, 5.41) is 10.9. The summed E-state index contributed by atoms with van der Waals surface area (Å²) in [5.74, 6) is -1.38. The van der Waals surface area contributed by atoms with Gasteiger partial charge in [-0.1, -0.05) is 62.3 Å². The van der Waals surface area contributed by atoms with Gasteiger partial charge in [-0.3, -0.25) is 9.29 Å². The summed E-state index contributed by atoms with van der Waals surface area (Å²) in [7, 11) is -10.2. The third-order valence-corrected chi connectivity index (χ3v) is 17.2. The van der Waals surface area contributed by atoms with Crippen LogP contribution in [0.2, 0.25) is 22.2 Å². The van der Waals surface area contributed by atoms with Crippen molar-refractivity contribution in [2.45, 2.75) is 108 Å². The van der Waals surface area contributed by atoms with Gasteiger partial charge in [0, 0.05) is 12.1 Å². The zero-order chi connectivity index (χ0) is 30.1. The summed E-state index contributed by atoms with van der Waals surface area (Å²) in [6, 6.07) is 0.920. The fraction of sp³-hybridized carbons (Fsp3) is 0.826. The predicted molar refractivity (Wildman–Crippen MR) is 147 cm³/mol. The highest BCUT2D eigenvalue weighted by atomic mass is 32.2. The molecule has 0 spiro atoms.